The molecule has 4 heteroatoms. The first-order valence-electron chi connectivity index (χ1n) is 5.30. The first-order chi connectivity index (χ1) is 8.00. The van der Waals surface area contributed by atoms with Crippen molar-refractivity contribution in [1.82, 2.24) is 4.57 Å². The van der Waals surface area contributed by atoms with Crippen LogP contribution in [0.15, 0.2) is 29.1 Å². The van der Waals surface area contributed by atoms with Gasteiger partial charge in [-0.25, -0.2) is 0 Å². The molecule has 0 N–H and O–H groups in total. The second kappa shape index (κ2) is 4.05. The molecule has 1 aromatic carbocycles. The second-order valence-electron chi connectivity index (χ2n) is 4.09. The van der Waals surface area contributed by atoms with Crippen molar-refractivity contribution in [2.24, 2.45) is 0 Å². The third-order valence-corrected chi connectivity index (χ3v) is 2.83. The molecule has 0 saturated carbocycles. The van der Waals surface area contributed by atoms with E-state index in [1.54, 1.807) is 0 Å². The minimum Gasteiger partial charge on any atom is -0.548 e. The van der Waals surface area contributed by atoms with Crippen LogP contribution in [0.3, 0.4) is 0 Å². The number of nitrogens with zero attached hydrogens (tertiary/aromatic N) is 1. The van der Waals surface area contributed by atoms with Crippen molar-refractivity contribution in [1.29, 1.82) is 0 Å². The van der Waals surface area contributed by atoms with Crippen molar-refractivity contribution in [2.45, 2.75) is 20.4 Å². The van der Waals surface area contributed by atoms with Crippen molar-refractivity contribution in [3.63, 3.8) is 0 Å². The number of benzene rings is 1. The van der Waals surface area contributed by atoms with Gasteiger partial charge in [0.15, 0.2) is 0 Å². The normalized spacial score (nSPS) is 10.7. The third-order valence-electron chi connectivity index (χ3n) is 2.83. The van der Waals surface area contributed by atoms with Crippen LogP contribution in [-0.2, 0) is 11.3 Å². The number of carbonyl (C=O) groups is 1. The van der Waals surface area contributed by atoms with E-state index in [0.717, 1.165) is 16.5 Å². The zero-order chi connectivity index (χ0) is 12.6. The lowest BCUT2D eigenvalue weighted by atomic mass is 10.1. The average molecular weight is 230 g/mol. The number of carboxylic acids is 1. The Morgan fingerprint density at radius 1 is 1.29 bits per heavy atom. The number of carboxylic acid groups (broad SMARTS) is 1. The lowest BCUT2D eigenvalue weighted by Crippen LogP contribution is -2.33. The van der Waals surface area contributed by atoms with E-state index in [1.165, 1.54) is 10.6 Å². The predicted octanol–water partition coefficient (Wildman–Crippen LogP) is 0.368. The minimum absolute atomic E-state index is 0.312. The summed E-state index contributed by atoms with van der Waals surface area (Å²) in [6.45, 7) is 3.28. The molecule has 0 saturated heterocycles. The maximum Gasteiger partial charge on any atom is 0.251 e. The summed E-state index contributed by atoms with van der Waals surface area (Å²) in [7, 11) is 0. The van der Waals surface area contributed by atoms with Crippen LogP contribution in [0.2, 0.25) is 0 Å². The zero-order valence-electron chi connectivity index (χ0n) is 9.69. The number of fused-ring (bicyclic) bond motifs is 1. The van der Waals surface area contributed by atoms with Gasteiger partial charge in [-0.3, -0.25) is 4.79 Å². The standard InChI is InChI=1S/C13H13NO3/c1-8-4-3-5-10-9(2)6-11(15)14(13(8)10)7-12(16)17/h3-6H,7H2,1-2H3,(H,16,17)/p-1. The molecule has 0 aliphatic rings. The molecule has 17 heavy (non-hydrogen) atoms. The second-order valence-corrected chi connectivity index (χ2v) is 4.09. The van der Waals surface area contributed by atoms with Crippen LogP contribution in [0.25, 0.3) is 10.9 Å². The summed E-state index contributed by atoms with van der Waals surface area (Å²) in [4.78, 5) is 22.5. The van der Waals surface area contributed by atoms with Gasteiger partial charge in [0, 0.05) is 11.5 Å². The van der Waals surface area contributed by atoms with E-state index in [4.69, 9.17) is 0 Å². The number of aryl methyl sites for hydroxylation is 2. The number of aromatic nitrogens is 1. The van der Waals surface area contributed by atoms with Crippen molar-refractivity contribution in [3.8, 4) is 0 Å². The molecular formula is C13H12NO3-. The Kier molecular flexibility index (Phi) is 2.71. The molecule has 0 unspecified atom stereocenters. The van der Waals surface area contributed by atoms with Gasteiger partial charge in [0.25, 0.3) is 5.56 Å². The largest absolute Gasteiger partial charge is 0.548 e. The van der Waals surface area contributed by atoms with E-state index >= 15 is 0 Å². The Morgan fingerprint density at radius 3 is 2.65 bits per heavy atom. The maximum absolute atomic E-state index is 11.8. The summed E-state index contributed by atoms with van der Waals surface area (Å²) >= 11 is 0. The fourth-order valence-electron chi connectivity index (χ4n) is 2.07. The van der Waals surface area contributed by atoms with Crippen LogP contribution in [-0.4, -0.2) is 10.5 Å². The molecule has 0 aliphatic carbocycles. The zero-order valence-corrected chi connectivity index (χ0v) is 9.69. The summed E-state index contributed by atoms with van der Waals surface area (Å²) in [6, 6.07) is 7.07. The van der Waals surface area contributed by atoms with Gasteiger partial charge in [0.1, 0.15) is 0 Å². The highest BCUT2D eigenvalue weighted by molar-refractivity contribution is 5.86. The number of para-hydroxylation sites is 1. The first kappa shape index (κ1) is 11.4. The monoisotopic (exact) mass is 230 g/mol. The molecule has 4 nitrogen and oxygen atoms in total. The van der Waals surface area contributed by atoms with Crippen molar-refractivity contribution in [2.75, 3.05) is 0 Å². The van der Waals surface area contributed by atoms with E-state index in [1.807, 2.05) is 32.0 Å². The van der Waals surface area contributed by atoms with Crippen molar-refractivity contribution in [3.05, 3.63) is 45.7 Å². The lowest BCUT2D eigenvalue weighted by molar-refractivity contribution is -0.306. The first-order valence-corrected chi connectivity index (χ1v) is 5.30. The molecule has 0 bridgehead atoms. The minimum atomic E-state index is -1.26. The molecule has 2 aromatic rings. The van der Waals surface area contributed by atoms with Gasteiger partial charge in [0.2, 0.25) is 0 Å². The van der Waals surface area contributed by atoms with Gasteiger partial charge in [0.05, 0.1) is 18.0 Å². The molecule has 1 aromatic heterocycles. The molecular weight excluding hydrogens is 218 g/mol. The lowest BCUT2D eigenvalue weighted by Gasteiger charge is -2.14. The van der Waals surface area contributed by atoms with Crippen LogP contribution in [0, 0.1) is 13.8 Å². The highest BCUT2D eigenvalue weighted by Gasteiger charge is 2.08. The van der Waals surface area contributed by atoms with Gasteiger partial charge >= 0.3 is 0 Å². The van der Waals surface area contributed by atoms with Gasteiger partial charge in [-0.1, -0.05) is 18.2 Å². The number of hydrogen-bond acceptors (Lipinski definition) is 3. The van der Waals surface area contributed by atoms with Crippen molar-refractivity contribution >= 4 is 16.9 Å². The van der Waals surface area contributed by atoms with Crippen LogP contribution in [0.5, 0.6) is 0 Å². The maximum atomic E-state index is 11.8. The molecule has 0 fully saturated rings. The Hall–Kier alpha value is -2.10. The Labute approximate surface area is 98.1 Å². The molecule has 0 atom stereocenters. The number of hydrogen-bond donors (Lipinski definition) is 0. The summed E-state index contributed by atoms with van der Waals surface area (Å²) in [5.41, 5.74) is 2.09. The van der Waals surface area contributed by atoms with E-state index in [2.05, 4.69) is 0 Å². The molecule has 0 amide bonds. The van der Waals surface area contributed by atoms with Gasteiger partial charge in [-0.15, -0.1) is 0 Å². The van der Waals surface area contributed by atoms with Crippen LogP contribution < -0.4 is 10.7 Å². The van der Waals surface area contributed by atoms with Crippen molar-refractivity contribution < 1.29 is 9.90 Å². The Morgan fingerprint density at radius 2 is 2.00 bits per heavy atom. The molecule has 1 heterocycles. The van der Waals surface area contributed by atoms with Gasteiger partial charge < -0.3 is 14.5 Å². The number of rotatable bonds is 2. The molecule has 0 spiro atoms. The SMILES string of the molecule is Cc1cc(=O)n(CC(=O)[O-])c2c(C)cccc12. The van der Waals surface area contributed by atoms with E-state index in [-0.39, 0.29) is 5.56 Å². The molecule has 2 rings (SSSR count). The fourth-order valence-corrected chi connectivity index (χ4v) is 2.07. The van der Waals surface area contributed by atoms with Gasteiger partial charge in [-0.05, 0) is 25.0 Å². The third kappa shape index (κ3) is 1.93. The average Bonchev–Trinajstić information content (AvgIpc) is 2.24. The highest BCUT2D eigenvalue weighted by Crippen LogP contribution is 2.19. The van der Waals surface area contributed by atoms with E-state index in [0.29, 0.717) is 5.52 Å². The highest BCUT2D eigenvalue weighted by atomic mass is 16.4. The molecule has 0 aliphatic heterocycles. The van der Waals surface area contributed by atoms with Gasteiger partial charge in [-0.2, -0.15) is 0 Å². The quantitative estimate of drug-likeness (QED) is 0.748. The predicted molar refractivity (Wildman–Crippen MR) is 62.7 cm³/mol. The summed E-state index contributed by atoms with van der Waals surface area (Å²) in [6.07, 6.45) is 0. The van der Waals surface area contributed by atoms with E-state index in [9.17, 15) is 14.7 Å². The van der Waals surface area contributed by atoms with E-state index < -0.39 is 12.5 Å². The summed E-state index contributed by atoms with van der Waals surface area (Å²) in [5.74, 6) is -1.26. The molecule has 0 radical (unpaired) electrons. The number of pyridine rings is 1. The van der Waals surface area contributed by atoms with Crippen LogP contribution in [0.4, 0.5) is 0 Å². The Balaban J connectivity index is 2.90. The smallest absolute Gasteiger partial charge is 0.251 e. The summed E-state index contributed by atoms with van der Waals surface area (Å²) in [5, 5.41) is 11.6. The Bertz CT molecular complexity index is 655. The van der Waals surface area contributed by atoms with Crippen LogP contribution in [0.1, 0.15) is 11.1 Å². The summed E-state index contributed by atoms with van der Waals surface area (Å²) < 4.78 is 1.24. The number of carbonyl (C=O) groups excluding carboxylic acids is 1. The topological polar surface area (TPSA) is 62.1 Å². The fraction of sp³-hybridized carbons (Fsp3) is 0.231. The van der Waals surface area contributed by atoms with Crippen LogP contribution >= 0.6 is 0 Å². The number of aliphatic carboxylic acids is 1. The molecule has 88 valence electrons.